The highest BCUT2D eigenvalue weighted by Crippen LogP contribution is 2.04. The summed E-state index contributed by atoms with van der Waals surface area (Å²) in [5, 5.41) is 0. The molecule has 1 unspecified atom stereocenters. The minimum absolute atomic E-state index is 0.0262. The Labute approximate surface area is 81.7 Å². The molecule has 1 rings (SSSR count). The first kappa shape index (κ1) is 10.6. The van der Waals surface area contributed by atoms with Crippen LogP contribution < -0.4 is 0 Å². The maximum absolute atomic E-state index is 12.9. The van der Waals surface area contributed by atoms with Crippen LogP contribution in [0.15, 0.2) is 30.3 Å². The molecule has 0 saturated heterocycles. The molecule has 0 aromatic heterocycles. The van der Waals surface area contributed by atoms with Gasteiger partial charge in [-0.2, -0.15) is 0 Å². The van der Waals surface area contributed by atoms with Crippen LogP contribution >= 0.6 is 0 Å². The lowest BCUT2D eigenvalue weighted by molar-refractivity contribution is -0.132. The third-order valence-electron chi connectivity index (χ3n) is 1.86. The van der Waals surface area contributed by atoms with Crippen LogP contribution in [0.5, 0.6) is 0 Å². The molecule has 0 spiro atoms. The second-order valence-corrected chi connectivity index (χ2v) is 3.10. The van der Waals surface area contributed by atoms with Gasteiger partial charge in [-0.1, -0.05) is 30.3 Å². The van der Waals surface area contributed by atoms with E-state index in [2.05, 4.69) is 0 Å². The van der Waals surface area contributed by atoms with Gasteiger partial charge in [0.1, 0.15) is 0 Å². The van der Waals surface area contributed by atoms with Crippen molar-refractivity contribution >= 4 is 11.6 Å². The van der Waals surface area contributed by atoms with Gasteiger partial charge in [0, 0.05) is 6.42 Å². The lowest BCUT2D eigenvalue weighted by Crippen LogP contribution is -2.24. The average Bonchev–Trinajstić information content (AvgIpc) is 2.18. The zero-order valence-electron chi connectivity index (χ0n) is 7.87. The van der Waals surface area contributed by atoms with Crippen LogP contribution in [0.3, 0.4) is 0 Å². The predicted molar refractivity (Wildman–Crippen MR) is 50.7 cm³/mol. The Morgan fingerprint density at radius 2 is 1.86 bits per heavy atom. The van der Waals surface area contributed by atoms with E-state index < -0.39 is 17.7 Å². The molecule has 2 nitrogen and oxygen atoms in total. The Kier molecular flexibility index (Phi) is 3.51. The molecule has 0 aliphatic carbocycles. The molecule has 3 heteroatoms. The Morgan fingerprint density at radius 3 is 2.36 bits per heavy atom. The number of benzene rings is 1. The number of carbonyl (C=O) groups excluding carboxylic acids is 2. The number of carbonyl (C=O) groups is 2. The fourth-order valence-electron chi connectivity index (χ4n) is 1.11. The van der Waals surface area contributed by atoms with Crippen molar-refractivity contribution in [3.63, 3.8) is 0 Å². The van der Waals surface area contributed by atoms with E-state index in [1.165, 1.54) is 0 Å². The van der Waals surface area contributed by atoms with Gasteiger partial charge in [-0.05, 0) is 12.5 Å². The smallest absolute Gasteiger partial charge is 0.216 e. The molecule has 0 N–H and O–H groups in total. The van der Waals surface area contributed by atoms with E-state index in [1.807, 2.05) is 6.07 Å². The molecule has 0 fully saturated rings. The van der Waals surface area contributed by atoms with Gasteiger partial charge in [0.2, 0.25) is 6.17 Å². The number of Topliss-reactive ketones (excluding diaryl/α,β-unsaturated/α-hetero) is 2. The summed E-state index contributed by atoms with van der Waals surface area (Å²) in [5.41, 5.74) is 0.724. The van der Waals surface area contributed by atoms with Crippen molar-refractivity contribution in [1.82, 2.24) is 0 Å². The number of alkyl halides is 1. The molecule has 0 heterocycles. The highest BCUT2D eigenvalue weighted by molar-refractivity contribution is 6.04. The Bertz CT molecular complexity index is 332. The first-order chi connectivity index (χ1) is 6.61. The van der Waals surface area contributed by atoms with E-state index >= 15 is 0 Å². The van der Waals surface area contributed by atoms with Crippen molar-refractivity contribution in [3.05, 3.63) is 35.9 Å². The van der Waals surface area contributed by atoms with Crippen molar-refractivity contribution in [2.45, 2.75) is 19.5 Å². The first-order valence-electron chi connectivity index (χ1n) is 4.32. The van der Waals surface area contributed by atoms with Crippen molar-refractivity contribution in [3.8, 4) is 0 Å². The third-order valence-corrected chi connectivity index (χ3v) is 1.86. The summed E-state index contributed by atoms with van der Waals surface area (Å²) in [5.74, 6) is -1.41. The van der Waals surface area contributed by atoms with E-state index in [0.29, 0.717) is 0 Å². The Hall–Kier alpha value is -1.51. The van der Waals surface area contributed by atoms with Crippen molar-refractivity contribution in [2.75, 3.05) is 0 Å². The second-order valence-electron chi connectivity index (χ2n) is 3.10. The molecule has 1 aromatic carbocycles. The molecule has 0 aliphatic heterocycles. The molecule has 0 saturated carbocycles. The summed E-state index contributed by atoms with van der Waals surface area (Å²) in [4.78, 5) is 21.7. The lowest BCUT2D eigenvalue weighted by Gasteiger charge is -2.02. The summed E-state index contributed by atoms with van der Waals surface area (Å²) < 4.78 is 12.9. The van der Waals surface area contributed by atoms with Gasteiger partial charge in [-0.3, -0.25) is 9.59 Å². The molecule has 14 heavy (non-hydrogen) atoms. The van der Waals surface area contributed by atoms with Crippen LogP contribution in [0.2, 0.25) is 0 Å². The standard InChI is InChI=1S/C11H11FO2/c1-8(13)11(12)10(14)7-9-5-3-2-4-6-9/h2-6,11H,7H2,1H3. The summed E-state index contributed by atoms with van der Waals surface area (Å²) in [6.07, 6.45) is -2.00. The molecule has 0 amide bonds. The van der Waals surface area contributed by atoms with Gasteiger partial charge < -0.3 is 0 Å². The van der Waals surface area contributed by atoms with E-state index in [9.17, 15) is 14.0 Å². The number of rotatable bonds is 4. The van der Waals surface area contributed by atoms with Crippen molar-refractivity contribution in [2.24, 2.45) is 0 Å². The lowest BCUT2D eigenvalue weighted by atomic mass is 10.0. The molecule has 1 aromatic rings. The Morgan fingerprint density at radius 1 is 1.29 bits per heavy atom. The maximum Gasteiger partial charge on any atom is 0.216 e. The normalized spacial score (nSPS) is 12.1. The topological polar surface area (TPSA) is 34.1 Å². The zero-order chi connectivity index (χ0) is 10.6. The zero-order valence-corrected chi connectivity index (χ0v) is 7.87. The summed E-state index contributed by atoms with van der Waals surface area (Å²) in [6, 6.07) is 8.80. The second kappa shape index (κ2) is 4.65. The molecule has 0 bridgehead atoms. The van der Waals surface area contributed by atoms with Gasteiger partial charge in [0.25, 0.3) is 0 Å². The molecular formula is C11H11FO2. The van der Waals surface area contributed by atoms with E-state index in [4.69, 9.17) is 0 Å². The largest absolute Gasteiger partial charge is 0.296 e. The van der Waals surface area contributed by atoms with Gasteiger partial charge in [0.05, 0.1) is 0 Å². The van der Waals surface area contributed by atoms with Crippen LogP contribution in [0.4, 0.5) is 4.39 Å². The summed E-state index contributed by atoms with van der Waals surface area (Å²) in [7, 11) is 0. The molecule has 1 atom stereocenters. The first-order valence-corrected chi connectivity index (χ1v) is 4.32. The van der Waals surface area contributed by atoms with E-state index in [1.54, 1.807) is 24.3 Å². The van der Waals surface area contributed by atoms with Crippen molar-refractivity contribution in [1.29, 1.82) is 0 Å². The van der Waals surface area contributed by atoms with Crippen LogP contribution in [0.25, 0.3) is 0 Å². The fraction of sp³-hybridized carbons (Fsp3) is 0.273. The van der Waals surface area contributed by atoms with Crippen LogP contribution in [0, 0.1) is 0 Å². The fourth-order valence-corrected chi connectivity index (χ4v) is 1.11. The molecule has 0 radical (unpaired) electrons. The Balaban J connectivity index is 2.62. The number of ketones is 2. The predicted octanol–water partition coefficient (Wildman–Crippen LogP) is 1.73. The highest BCUT2D eigenvalue weighted by Gasteiger charge is 2.21. The highest BCUT2D eigenvalue weighted by atomic mass is 19.1. The minimum atomic E-state index is -1.98. The maximum atomic E-state index is 12.9. The quantitative estimate of drug-likeness (QED) is 0.684. The van der Waals surface area contributed by atoms with Gasteiger partial charge in [-0.15, -0.1) is 0 Å². The van der Waals surface area contributed by atoms with Gasteiger partial charge >= 0.3 is 0 Å². The van der Waals surface area contributed by atoms with Gasteiger partial charge in [-0.25, -0.2) is 4.39 Å². The molecule has 74 valence electrons. The monoisotopic (exact) mass is 194 g/mol. The summed E-state index contributed by atoms with van der Waals surface area (Å²) in [6.45, 7) is 1.08. The number of hydrogen-bond acceptors (Lipinski definition) is 2. The minimum Gasteiger partial charge on any atom is -0.296 e. The third kappa shape index (κ3) is 2.76. The van der Waals surface area contributed by atoms with Crippen LogP contribution in [-0.2, 0) is 16.0 Å². The summed E-state index contributed by atoms with van der Waals surface area (Å²) >= 11 is 0. The number of halogens is 1. The van der Waals surface area contributed by atoms with E-state index in [0.717, 1.165) is 12.5 Å². The average molecular weight is 194 g/mol. The van der Waals surface area contributed by atoms with Gasteiger partial charge in [0.15, 0.2) is 11.6 Å². The SMILES string of the molecule is CC(=O)C(F)C(=O)Cc1ccccc1. The van der Waals surface area contributed by atoms with Crippen molar-refractivity contribution < 1.29 is 14.0 Å². The van der Waals surface area contributed by atoms with Crippen LogP contribution in [-0.4, -0.2) is 17.7 Å². The van der Waals surface area contributed by atoms with Crippen LogP contribution in [0.1, 0.15) is 12.5 Å². The molecule has 0 aliphatic rings. The van der Waals surface area contributed by atoms with E-state index in [-0.39, 0.29) is 6.42 Å². The molecular weight excluding hydrogens is 183 g/mol. The number of hydrogen-bond donors (Lipinski definition) is 0.